The predicted octanol–water partition coefficient (Wildman–Crippen LogP) is 6.11. The summed E-state index contributed by atoms with van der Waals surface area (Å²) in [7, 11) is 3.13. The number of carbonyl (C=O) groups is 2. The Morgan fingerprint density at radius 1 is 1.17 bits per heavy atom. The van der Waals surface area contributed by atoms with Gasteiger partial charge in [-0.25, -0.2) is 14.2 Å². The standard InChI is InChI=1S/C26H20BrFN2O5S/c1-30-24(31)23(36-26(30)29-19-5-3-4-16(10-19)25(32)33)12-17-11-21(34-2)22(13-20(17)27)35-14-15-6-8-18(28)9-7-15/h3-13H,14H2,1-2H3,(H,32,33)/b23-12-,29-26?. The predicted molar refractivity (Wildman–Crippen MR) is 140 cm³/mol. The van der Waals surface area contributed by atoms with Crippen LogP contribution >= 0.6 is 27.7 Å². The van der Waals surface area contributed by atoms with Gasteiger partial charge in [0, 0.05) is 11.5 Å². The maximum absolute atomic E-state index is 13.1. The third kappa shape index (κ3) is 5.77. The van der Waals surface area contributed by atoms with Crippen molar-refractivity contribution in [1.29, 1.82) is 0 Å². The third-order valence-corrected chi connectivity index (χ3v) is 6.95. The number of aliphatic imine (C=N–C) groups is 1. The number of likely N-dealkylation sites (N-methyl/N-ethyl adjacent to an activating group) is 1. The lowest BCUT2D eigenvalue weighted by atomic mass is 10.1. The first-order valence-electron chi connectivity index (χ1n) is 10.6. The molecule has 10 heteroatoms. The Hall–Kier alpha value is -3.63. The van der Waals surface area contributed by atoms with Gasteiger partial charge in [-0.1, -0.05) is 34.1 Å². The number of carboxylic acids is 1. The molecule has 3 aromatic rings. The summed E-state index contributed by atoms with van der Waals surface area (Å²) >= 11 is 4.71. The van der Waals surface area contributed by atoms with E-state index in [1.54, 1.807) is 49.5 Å². The highest BCUT2D eigenvalue weighted by atomic mass is 79.9. The zero-order valence-electron chi connectivity index (χ0n) is 19.2. The minimum absolute atomic E-state index is 0.113. The number of rotatable bonds is 7. The van der Waals surface area contributed by atoms with Crippen LogP contribution < -0.4 is 9.47 Å². The Balaban J connectivity index is 1.57. The van der Waals surface area contributed by atoms with Crippen molar-refractivity contribution in [2.75, 3.05) is 14.2 Å². The minimum Gasteiger partial charge on any atom is -0.493 e. The van der Waals surface area contributed by atoms with Crippen LogP contribution in [0.4, 0.5) is 10.1 Å². The van der Waals surface area contributed by atoms with Gasteiger partial charge in [0.15, 0.2) is 16.7 Å². The molecule has 0 bridgehead atoms. The van der Waals surface area contributed by atoms with Gasteiger partial charge in [-0.05, 0) is 71.4 Å². The molecule has 0 radical (unpaired) electrons. The molecule has 0 atom stereocenters. The van der Waals surface area contributed by atoms with Crippen molar-refractivity contribution in [3.8, 4) is 11.5 Å². The second-order valence-electron chi connectivity index (χ2n) is 7.66. The maximum atomic E-state index is 13.1. The van der Waals surface area contributed by atoms with Crippen LogP contribution in [-0.4, -0.2) is 41.2 Å². The van der Waals surface area contributed by atoms with Crippen molar-refractivity contribution in [2.45, 2.75) is 6.61 Å². The Morgan fingerprint density at radius 2 is 1.92 bits per heavy atom. The highest BCUT2D eigenvalue weighted by Gasteiger charge is 2.30. The van der Waals surface area contributed by atoms with E-state index in [0.717, 1.165) is 5.56 Å². The number of hydrogen-bond donors (Lipinski definition) is 1. The van der Waals surface area contributed by atoms with Crippen LogP contribution in [0.25, 0.3) is 6.08 Å². The van der Waals surface area contributed by atoms with E-state index in [1.165, 1.54) is 48.0 Å². The summed E-state index contributed by atoms with van der Waals surface area (Å²) in [5.41, 5.74) is 2.04. The van der Waals surface area contributed by atoms with Crippen LogP contribution in [0.5, 0.6) is 11.5 Å². The smallest absolute Gasteiger partial charge is 0.335 e. The molecule has 1 fully saturated rings. The van der Waals surface area contributed by atoms with Gasteiger partial charge in [0.05, 0.1) is 23.3 Å². The molecule has 1 aliphatic rings. The molecule has 7 nitrogen and oxygen atoms in total. The third-order valence-electron chi connectivity index (χ3n) is 5.20. The first-order chi connectivity index (χ1) is 17.2. The van der Waals surface area contributed by atoms with Crippen LogP contribution in [0.15, 0.2) is 75.0 Å². The number of carboxylic acid groups (broad SMARTS) is 1. The normalized spacial score (nSPS) is 15.6. The molecule has 1 saturated heterocycles. The Bertz CT molecular complexity index is 1390. The zero-order chi connectivity index (χ0) is 25.8. The lowest BCUT2D eigenvalue weighted by Crippen LogP contribution is -2.23. The van der Waals surface area contributed by atoms with Crippen LogP contribution in [-0.2, 0) is 11.4 Å². The summed E-state index contributed by atoms with van der Waals surface area (Å²) in [5, 5.41) is 9.62. The van der Waals surface area contributed by atoms with Gasteiger partial charge in [-0.3, -0.25) is 9.69 Å². The van der Waals surface area contributed by atoms with Crippen molar-refractivity contribution in [3.05, 3.63) is 92.5 Å². The number of amidine groups is 1. The second kappa shape index (κ2) is 11.0. The first kappa shape index (κ1) is 25.5. The SMILES string of the molecule is COc1cc(/C=C2\SC(=Nc3cccc(C(=O)O)c3)N(C)C2=O)c(Br)cc1OCc1ccc(F)cc1. The molecule has 0 aromatic heterocycles. The van der Waals surface area contributed by atoms with Crippen LogP contribution in [0.3, 0.4) is 0 Å². The monoisotopic (exact) mass is 570 g/mol. The average Bonchev–Trinajstić information content (AvgIpc) is 3.12. The zero-order valence-corrected chi connectivity index (χ0v) is 21.6. The van der Waals surface area contributed by atoms with Gasteiger partial charge >= 0.3 is 5.97 Å². The summed E-state index contributed by atoms with van der Waals surface area (Å²) in [5.74, 6) is -0.654. The summed E-state index contributed by atoms with van der Waals surface area (Å²) in [6, 6.07) is 15.7. The first-order valence-corrected chi connectivity index (χ1v) is 12.2. The van der Waals surface area contributed by atoms with Gasteiger partial charge in [0.2, 0.25) is 0 Å². The average molecular weight is 571 g/mol. The van der Waals surface area contributed by atoms with Crippen molar-refractivity contribution in [1.82, 2.24) is 4.90 Å². The number of aromatic carboxylic acids is 1. The van der Waals surface area contributed by atoms with Crippen molar-refractivity contribution >= 4 is 56.5 Å². The molecule has 3 aromatic carbocycles. The molecule has 0 aliphatic carbocycles. The van der Waals surface area contributed by atoms with E-state index in [-0.39, 0.29) is 23.9 Å². The fourth-order valence-corrected chi connectivity index (χ4v) is 4.70. The molecule has 1 amide bonds. The molecule has 1 aliphatic heterocycles. The van der Waals surface area contributed by atoms with Crippen molar-refractivity contribution in [3.63, 3.8) is 0 Å². The lowest BCUT2D eigenvalue weighted by Gasteiger charge is -2.13. The Labute approximate surface area is 219 Å². The van der Waals surface area contributed by atoms with Crippen LogP contribution in [0.1, 0.15) is 21.5 Å². The van der Waals surface area contributed by atoms with Gasteiger partial charge in [0.25, 0.3) is 5.91 Å². The Morgan fingerprint density at radius 3 is 2.61 bits per heavy atom. The van der Waals surface area contributed by atoms with E-state index in [9.17, 15) is 19.1 Å². The lowest BCUT2D eigenvalue weighted by molar-refractivity contribution is -0.121. The molecule has 184 valence electrons. The molecule has 0 saturated carbocycles. The molecular weight excluding hydrogens is 551 g/mol. The molecular formula is C26H20BrFN2O5S. The second-order valence-corrected chi connectivity index (χ2v) is 9.53. The highest BCUT2D eigenvalue weighted by Crippen LogP contribution is 2.38. The summed E-state index contributed by atoms with van der Waals surface area (Å²) in [4.78, 5) is 30.4. The summed E-state index contributed by atoms with van der Waals surface area (Å²) in [6.45, 7) is 0.228. The van der Waals surface area contributed by atoms with E-state index in [4.69, 9.17) is 9.47 Å². The number of thioether (sulfide) groups is 1. The minimum atomic E-state index is -1.05. The highest BCUT2D eigenvalue weighted by molar-refractivity contribution is 9.10. The van der Waals surface area contributed by atoms with E-state index in [2.05, 4.69) is 20.9 Å². The van der Waals surface area contributed by atoms with Gasteiger partial charge in [0.1, 0.15) is 12.4 Å². The van der Waals surface area contributed by atoms with Gasteiger partial charge < -0.3 is 14.6 Å². The summed E-state index contributed by atoms with van der Waals surface area (Å²) < 4.78 is 25.2. The number of nitrogens with zero attached hydrogens (tertiary/aromatic N) is 2. The number of methoxy groups -OCH3 is 1. The Kier molecular flexibility index (Phi) is 7.76. The summed E-state index contributed by atoms with van der Waals surface area (Å²) in [6.07, 6.45) is 1.72. The van der Waals surface area contributed by atoms with Gasteiger partial charge in [-0.15, -0.1) is 0 Å². The van der Waals surface area contributed by atoms with Crippen LogP contribution in [0, 0.1) is 5.82 Å². The van der Waals surface area contributed by atoms with Crippen LogP contribution in [0.2, 0.25) is 0 Å². The van der Waals surface area contributed by atoms with E-state index in [0.29, 0.717) is 37.3 Å². The van der Waals surface area contributed by atoms with E-state index in [1.807, 2.05) is 0 Å². The molecule has 1 heterocycles. The number of hydrogen-bond acceptors (Lipinski definition) is 6. The topological polar surface area (TPSA) is 88.4 Å². The molecule has 0 unspecified atom stereocenters. The van der Waals surface area contributed by atoms with Crippen molar-refractivity contribution in [2.24, 2.45) is 4.99 Å². The number of amides is 1. The number of ether oxygens (including phenoxy) is 2. The molecule has 1 N–H and O–H groups in total. The van der Waals surface area contributed by atoms with Gasteiger partial charge in [-0.2, -0.15) is 0 Å². The fourth-order valence-electron chi connectivity index (χ4n) is 3.29. The fraction of sp³-hybridized carbons (Fsp3) is 0.115. The number of carbonyl (C=O) groups excluding carboxylic acids is 1. The quantitative estimate of drug-likeness (QED) is 0.345. The maximum Gasteiger partial charge on any atom is 0.335 e. The van der Waals surface area contributed by atoms with E-state index < -0.39 is 5.97 Å². The largest absolute Gasteiger partial charge is 0.493 e. The number of benzene rings is 3. The van der Waals surface area contributed by atoms with E-state index >= 15 is 0 Å². The molecule has 4 rings (SSSR count). The molecule has 0 spiro atoms. The number of halogens is 2. The molecule has 36 heavy (non-hydrogen) atoms. The van der Waals surface area contributed by atoms with Crippen molar-refractivity contribution < 1.29 is 28.6 Å².